The Kier molecular flexibility index (Phi) is 2.49. The van der Waals surface area contributed by atoms with E-state index in [2.05, 4.69) is 19.1 Å². The van der Waals surface area contributed by atoms with Crippen molar-refractivity contribution in [1.82, 2.24) is 0 Å². The highest BCUT2D eigenvalue weighted by Crippen LogP contribution is 2.34. The van der Waals surface area contributed by atoms with E-state index in [0.717, 1.165) is 25.7 Å². The van der Waals surface area contributed by atoms with Crippen LogP contribution in [-0.2, 0) is 4.79 Å². The Labute approximate surface area is 82.8 Å². The number of hydrogen-bond donors (Lipinski definition) is 0. The first-order valence-electron chi connectivity index (χ1n) is 4.84. The largest absolute Gasteiger partial charge is 0.300 e. The maximum atomic E-state index is 11.0. The molecular formula is C11H14OS. The van der Waals surface area contributed by atoms with Gasteiger partial charge in [-0.2, -0.15) is 0 Å². The molecule has 0 unspecified atom stereocenters. The van der Waals surface area contributed by atoms with Crippen molar-refractivity contribution in [2.24, 2.45) is 0 Å². The Bertz CT molecular complexity index is 304. The molecule has 0 radical (unpaired) electrons. The van der Waals surface area contributed by atoms with Gasteiger partial charge in [0.25, 0.3) is 0 Å². The fourth-order valence-electron chi connectivity index (χ4n) is 1.90. The molecule has 0 atom stereocenters. The summed E-state index contributed by atoms with van der Waals surface area (Å²) in [5.74, 6) is 1.11. The first kappa shape index (κ1) is 8.95. The smallest absolute Gasteiger partial charge is 0.132 e. The molecule has 1 aromatic heterocycles. The van der Waals surface area contributed by atoms with Crippen LogP contribution in [0.3, 0.4) is 0 Å². The highest BCUT2D eigenvalue weighted by molar-refractivity contribution is 7.12. The summed E-state index contributed by atoms with van der Waals surface area (Å²) in [5.41, 5.74) is 0. The van der Waals surface area contributed by atoms with Gasteiger partial charge in [0, 0.05) is 22.6 Å². The number of rotatable bonds is 1. The number of ketones is 1. The highest BCUT2D eigenvalue weighted by atomic mass is 32.1. The van der Waals surface area contributed by atoms with Gasteiger partial charge in [-0.1, -0.05) is 0 Å². The molecule has 13 heavy (non-hydrogen) atoms. The van der Waals surface area contributed by atoms with Crippen molar-refractivity contribution in [3.8, 4) is 0 Å². The van der Waals surface area contributed by atoms with Gasteiger partial charge < -0.3 is 0 Å². The number of carbonyl (C=O) groups is 1. The van der Waals surface area contributed by atoms with Crippen molar-refractivity contribution in [2.45, 2.75) is 38.5 Å². The molecule has 2 rings (SSSR count). The molecule has 1 aromatic rings. The Morgan fingerprint density at radius 2 is 2.00 bits per heavy atom. The van der Waals surface area contributed by atoms with Crippen molar-refractivity contribution >= 4 is 17.1 Å². The number of carbonyl (C=O) groups excluding carboxylic acids is 1. The van der Waals surface area contributed by atoms with Crippen molar-refractivity contribution in [2.75, 3.05) is 0 Å². The summed E-state index contributed by atoms with van der Waals surface area (Å²) in [7, 11) is 0. The SMILES string of the molecule is Cc1ccc(C2CCC(=O)CC2)s1. The minimum atomic E-state index is 0.449. The van der Waals surface area contributed by atoms with Gasteiger partial charge in [0.15, 0.2) is 0 Å². The van der Waals surface area contributed by atoms with Gasteiger partial charge in [-0.3, -0.25) is 4.79 Å². The molecule has 1 aliphatic rings. The Balaban J connectivity index is 2.06. The van der Waals surface area contributed by atoms with Crippen LogP contribution in [0, 0.1) is 6.92 Å². The van der Waals surface area contributed by atoms with E-state index >= 15 is 0 Å². The molecule has 1 saturated carbocycles. The number of hydrogen-bond acceptors (Lipinski definition) is 2. The predicted octanol–water partition coefficient (Wildman–Crippen LogP) is 3.28. The van der Waals surface area contributed by atoms with Gasteiger partial charge in [-0.05, 0) is 37.8 Å². The second-order valence-electron chi connectivity index (χ2n) is 3.76. The number of aryl methyl sites for hydroxylation is 1. The van der Waals surface area contributed by atoms with Crippen LogP contribution in [0.15, 0.2) is 12.1 Å². The fourth-order valence-corrected chi connectivity index (χ4v) is 2.94. The summed E-state index contributed by atoms with van der Waals surface area (Å²) in [6.45, 7) is 2.14. The molecular weight excluding hydrogens is 180 g/mol. The monoisotopic (exact) mass is 194 g/mol. The van der Waals surface area contributed by atoms with Gasteiger partial charge in [0.2, 0.25) is 0 Å². The Hall–Kier alpha value is -0.630. The van der Waals surface area contributed by atoms with Crippen LogP contribution in [-0.4, -0.2) is 5.78 Å². The Morgan fingerprint density at radius 1 is 1.31 bits per heavy atom. The standard InChI is InChI=1S/C11H14OS/c1-8-2-7-11(13-8)9-3-5-10(12)6-4-9/h2,7,9H,3-6H2,1H3. The first-order valence-corrected chi connectivity index (χ1v) is 5.65. The summed E-state index contributed by atoms with van der Waals surface area (Å²) in [6, 6.07) is 4.40. The van der Waals surface area contributed by atoms with Gasteiger partial charge in [-0.25, -0.2) is 0 Å². The highest BCUT2D eigenvalue weighted by Gasteiger charge is 2.20. The molecule has 0 saturated heterocycles. The van der Waals surface area contributed by atoms with Gasteiger partial charge in [-0.15, -0.1) is 11.3 Å². The van der Waals surface area contributed by atoms with Crippen LogP contribution >= 0.6 is 11.3 Å². The first-order chi connectivity index (χ1) is 6.25. The van der Waals surface area contributed by atoms with Gasteiger partial charge in [0.1, 0.15) is 5.78 Å². The average molecular weight is 194 g/mol. The van der Waals surface area contributed by atoms with E-state index in [-0.39, 0.29) is 0 Å². The average Bonchev–Trinajstić information content (AvgIpc) is 2.53. The molecule has 0 aliphatic heterocycles. The van der Waals surface area contributed by atoms with Crippen molar-refractivity contribution in [3.63, 3.8) is 0 Å². The van der Waals surface area contributed by atoms with Crippen LogP contribution in [0.1, 0.15) is 41.4 Å². The third-order valence-corrected chi connectivity index (χ3v) is 3.87. The van der Waals surface area contributed by atoms with Gasteiger partial charge in [0.05, 0.1) is 0 Å². The normalized spacial score (nSPS) is 19.3. The molecule has 1 nitrogen and oxygen atoms in total. The van der Waals surface area contributed by atoms with Crippen molar-refractivity contribution in [1.29, 1.82) is 0 Å². The zero-order valence-electron chi connectivity index (χ0n) is 7.88. The third-order valence-electron chi connectivity index (χ3n) is 2.71. The topological polar surface area (TPSA) is 17.1 Å². The lowest BCUT2D eigenvalue weighted by atomic mass is 9.87. The van der Waals surface area contributed by atoms with E-state index in [0.29, 0.717) is 11.7 Å². The van der Waals surface area contributed by atoms with Crippen molar-refractivity contribution < 1.29 is 4.79 Å². The van der Waals surface area contributed by atoms with E-state index in [1.165, 1.54) is 9.75 Å². The zero-order chi connectivity index (χ0) is 9.26. The molecule has 2 heteroatoms. The number of Topliss-reactive ketones (excluding diaryl/α,β-unsaturated/α-hetero) is 1. The summed E-state index contributed by atoms with van der Waals surface area (Å²) in [5, 5.41) is 0. The van der Waals surface area contributed by atoms with E-state index in [1.54, 1.807) is 0 Å². The third kappa shape index (κ3) is 1.99. The van der Waals surface area contributed by atoms with Crippen LogP contribution in [0.25, 0.3) is 0 Å². The van der Waals surface area contributed by atoms with E-state index < -0.39 is 0 Å². The van der Waals surface area contributed by atoms with E-state index in [1.807, 2.05) is 11.3 Å². The molecule has 0 aromatic carbocycles. The Morgan fingerprint density at radius 3 is 2.54 bits per heavy atom. The molecule has 1 fully saturated rings. The maximum Gasteiger partial charge on any atom is 0.132 e. The van der Waals surface area contributed by atoms with Crippen LogP contribution in [0.4, 0.5) is 0 Å². The molecule has 0 spiro atoms. The summed E-state index contributed by atoms with van der Waals surface area (Å²) in [6.07, 6.45) is 3.72. The lowest BCUT2D eigenvalue weighted by Gasteiger charge is -2.19. The maximum absolute atomic E-state index is 11.0. The van der Waals surface area contributed by atoms with Crippen LogP contribution < -0.4 is 0 Å². The van der Waals surface area contributed by atoms with E-state index in [9.17, 15) is 4.79 Å². The molecule has 1 heterocycles. The quantitative estimate of drug-likeness (QED) is 0.670. The van der Waals surface area contributed by atoms with E-state index in [4.69, 9.17) is 0 Å². The lowest BCUT2D eigenvalue weighted by molar-refractivity contribution is -0.120. The van der Waals surface area contributed by atoms with Crippen LogP contribution in [0.5, 0.6) is 0 Å². The predicted molar refractivity (Wildman–Crippen MR) is 55.3 cm³/mol. The second kappa shape index (κ2) is 3.62. The summed E-state index contributed by atoms with van der Waals surface area (Å²) >= 11 is 1.88. The minimum absolute atomic E-state index is 0.449. The molecule has 0 bridgehead atoms. The molecule has 0 amide bonds. The minimum Gasteiger partial charge on any atom is -0.300 e. The second-order valence-corrected chi connectivity index (χ2v) is 5.08. The van der Waals surface area contributed by atoms with Crippen molar-refractivity contribution in [3.05, 3.63) is 21.9 Å². The summed E-state index contributed by atoms with van der Waals surface area (Å²) in [4.78, 5) is 13.9. The molecule has 1 aliphatic carbocycles. The zero-order valence-corrected chi connectivity index (χ0v) is 8.69. The number of thiophene rings is 1. The van der Waals surface area contributed by atoms with Crippen LogP contribution in [0.2, 0.25) is 0 Å². The summed E-state index contributed by atoms with van der Waals surface area (Å²) < 4.78 is 0. The molecule has 0 N–H and O–H groups in total. The lowest BCUT2D eigenvalue weighted by Crippen LogP contribution is -2.11. The fraction of sp³-hybridized carbons (Fsp3) is 0.545. The van der Waals surface area contributed by atoms with Gasteiger partial charge >= 0.3 is 0 Å². The molecule has 70 valence electrons.